The first kappa shape index (κ1) is 13.3. The first-order chi connectivity index (χ1) is 10.3. The van der Waals surface area contributed by atoms with E-state index in [9.17, 15) is 0 Å². The van der Waals surface area contributed by atoms with Gasteiger partial charge in [-0.1, -0.05) is 30.3 Å². The lowest BCUT2D eigenvalue weighted by molar-refractivity contribution is 0.773. The third kappa shape index (κ3) is 2.82. The molecule has 0 spiro atoms. The molecular formula is C17H18BrN3. The highest BCUT2D eigenvalue weighted by molar-refractivity contribution is 9.10. The van der Waals surface area contributed by atoms with Gasteiger partial charge in [0.1, 0.15) is 16.2 Å². The van der Waals surface area contributed by atoms with E-state index in [-0.39, 0.29) is 0 Å². The third-order valence-electron chi connectivity index (χ3n) is 4.42. The Bertz CT molecular complexity index is 640. The Morgan fingerprint density at radius 1 is 1.00 bits per heavy atom. The Balaban J connectivity index is 1.55. The van der Waals surface area contributed by atoms with Gasteiger partial charge in [-0.3, -0.25) is 0 Å². The summed E-state index contributed by atoms with van der Waals surface area (Å²) in [4.78, 5) is 11.7. The molecule has 21 heavy (non-hydrogen) atoms. The summed E-state index contributed by atoms with van der Waals surface area (Å²) in [6.45, 7) is 2.13. The summed E-state index contributed by atoms with van der Waals surface area (Å²) in [7, 11) is 0. The zero-order valence-electron chi connectivity index (χ0n) is 11.9. The molecule has 108 valence electrons. The summed E-state index contributed by atoms with van der Waals surface area (Å²) in [5, 5.41) is 0. The molecule has 2 heterocycles. The molecule has 3 nitrogen and oxygen atoms in total. The fraction of sp³-hybridized carbons (Fsp3) is 0.412. The van der Waals surface area contributed by atoms with Crippen LogP contribution in [0.5, 0.6) is 0 Å². The predicted octanol–water partition coefficient (Wildman–Crippen LogP) is 4.11. The molecule has 1 aromatic carbocycles. The highest BCUT2D eigenvalue weighted by atomic mass is 79.9. The minimum absolute atomic E-state index is 0.591. The van der Waals surface area contributed by atoms with E-state index in [0.29, 0.717) is 11.8 Å². The van der Waals surface area contributed by atoms with Gasteiger partial charge in [0.05, 0.1) is 0 Å². The van der Waals surface area contributed by atoms with Crippen LogP contribution in [0.15, 0.2) is 41.0 Å². The van der Waals surface area contributed by atoms with E-state index in [1.54, 1.807) is 0 Å². The second-order valence-corrected chi connectivity index (χ2v) is 6.84. The largest absolute Gasteiger partial charge is 0.356 e. The topological polar surface area (TPSA) is 29.0 Å². The lowest BCUT2D eigenvalue weighted by Crippen LogP contribution is -2.21. The van der Waals surface area contributed by atoms with Crippen molar-refractivity contribution in [2.24, 2.45) is 0 Å². The van der Waals surface area contributed by atoms with Gasteiger partial charge in [-0.05, 0) is 40.8 Å². The summed E-state index contributed by atoms with van der Waals surface area (Å²) in [6.07, 6.45) is 3.68. The smallest absolute Gasteiger partial charge is 0.135 e. The third-order valence-corrected chi connectivity index (χ3v) is 4.83. The molecule has 1 saturated carbocycles. The molecule has 0 radical (unpaired) electrons. The maximum atomic E-state index is 4.79. The highest BCUT2D eigenvalue weighted by Crippen LogP contribution is 2.39. The van der Waals surface area contributed by atoms with Gasteiger partial charge in [0.25, 0.3) is 0 Å². The van der Waals surface area contributed by atoms with Crippen LogP contribution in [-0.2, 0) is 0 Å². The van der Waals surface area contributed by atoms with Crippen molar-refractivity contribution in [2.45, 2.75) is 31.1 Å². The molecule has 2 aromatic rings. The van der Waals surface area contributed by atoms with Crippen LogP contribution >= 0.6 is 15.9 Å². The van der Waals surface area contributed by atoms with Crippen LogP contribution in [0.2, 0.25) is 0 Å². The Morgan fingerprint density at radius 2 is 1.81 bits per heavy atom. The molecule has 0 amide bonds. The van der Waals surface area contributed by atoms with Crippen LogP contribution in [0.3, 0.4) is 0 Å². The molecule has 1 aliphatic heterocycles. The number of halogens is 1. The Kier molecular flexibility index (Phi) is 3.42. The standard InChI is InChI=1S/C17H18BrN3/c18-15-10-16(20-17(19-15)13-6-7-13)21-9-8-14(11-21)12-4-2-1-3-5-12/h1-5,10,13-14H,6-9,11H2. The SMILES string of the molecule is Brc1cc(N2CCC(c3ccccc3)C2)nc(C2CC2)n1. The molecule has 2 aliphatic rings. The average molecular weight is 344 g/mol. The van der Waals surface area contributed by atoms with E-state index in [0.717, 1.165) is 29.3 Å². The molecule has 1 unspecified atom stereocenters. The number of aromatic nitrogens is 2. The molecule has 1 aromatic heterocycles. The fourth-order valence-corrected chi connectivity index (χ4v) is 3.46. The quantitative estimate of drug-likeness (QED) is 0.785. The molecule has 4 rings (SSSR count). The normalized spacial score (nSPS) is 21.8. The van der Waals surface area contributed by atoms with Crippen molar-refractivity contribution >= 4 is 21.7 Å². The Labute approximate surface area is 133 Å². The first-order valence-electron chi connectivity index (χ1n) is 7.64. The van der Waals surface area contributed by atoms with Crippen molar-refractivity contribution < 1.29 is 0 Å². The zero-order chi connectivity index (χ0) is 14.2. The molecule has 0 bridgehead atoms. The number of nitrogens with zero attached hydrogens (tertiary/aromatic N) is 3. The van der Waals surface area contributed by atoms with E-state index < -0.39 is 0 Å². The van der Waals surface area contributed by atoms with Crippen molar-refractivity contribution in [2.75, 3.05) is 18.0 Å². The van der Waals surface area contributed by atoms with Crippen LogP contribution in [0, 0.1) is 0 Å². The molecule has 2 fully saturated rings. The monoisotopic (exact) mass is 343 g/mol. The van der Waals surface area contributed by atoms with Crippen molar-refractivity contribution in [1.29, 1.82) is 0 Å². The molecular weight excluding hydrogens is 326 g/mol. The van der Waals surface area contributed by atoms with Gasteiger partial charge in [0.2, 0.25) is 0 Å². The number of hydrogen-bond donors (Lipinski definition) is 0. The number of benzene rings is 1. The van der Waals surface area contributed by atoms with Gasteiger partial charge in [0, 0.05) is 31.0 Å². The minimum Gasteiger partial charge on any atom is -0.356 e. The summed E-state index contributed by atoms with van der Waals surface area (Å²) in [6, 6.07) is 12.9. The molecule has 1 saturated heterocycles. The zero-order valence-corrected chi connectivity index (χ0v) is 13.5. The van der Waals surface area contributed by atoms with Crippen molar-refractivity contribution in [3.63, 3.8) is 0 Å². The van der Waals surface area contributed by atoms with Crippen molar-refractivity contribution in [3.05, 3.63) is 52.4 Å². The van der Waals surface area contributed by atoms with E-state index in [1.807, 2.05) is 0 Å². The van der Waals surface area contributed by atoms with Gasteiger partial charge in [0.15, 0.2) is 0 Å². The van der Waals surface area contributed by atoms with Crippen molar-refractivity contribution in [3.8, 4) is 0 Å². The van der Waals surface area contributed by atoms with E-state index in [1.165, 1.54) is 24.8 Å². The minimum atomic E-state index is 0.591. The lowest BCUT2D eigenvalue weighted by atomic mass is 9.99. The van der Waals surface area contributed by atoms with Gasteiger partial charge in [-0.25, -0.2) is 9.97 Å². The molecule has 1 aliphatic carbocycles. The van der Waals surface area contributed by atoms with E-state index >= 15 is 0 Å². The lowest BCUT2D eigenvalue weighted by Gasteiger charge is -2.18. The summed E-state index contributed by atoms with van der Waals surface area (Å²) in [5.41, 5.74) is 1.44. The summed E-state index contributed by atoms with van der Waals surface area (Å²) in [5.74, 6) is 3.30. The second kappa shape index (κ2) is 5.41. The van der Waals surface area contributed by atoms with Crippen LogP contribution in [0.25, 0.3) is 0 Å². The Hall–Kier alpha value is -1.42. The van der Waals surface area contributed by atoms with Crippen LogP contribution in [-0.4, -0.2) is 23.1 Å². The average Bonchev–Trinajstić information content (AvgIpc) is 3.24. The van der Waals surface area contributed by atoms with Gasteiger partial charge in [-0.15, -0.1) is 0 Å². The summed E-state index contributed by atoms with van der Waals surface area (Å²) < 4.78 is 0.914. The predicted molar refractivity (Wildman–Crippen MR) is 87.7 cm³/mol. The van der Waals surface area contributed by atoms with Crippen LogP contribution in [0.1, 0.15) is 42.5 Å². The Morgan fingerprint density at radius 3 is 2.57 bits per heavy atom. The maximum Gasteiger partial charge on any atom is 0.135 e. The second-order valence-electron chi connectivity index (χ2n) is 6.02. The van der Waals surface area contributed by atoms with Gasteiger partial charge >= 0.3 is 0 Å². The molecule has 4 heteroatoms. The van der Waals surface area contributed by atoms with Crippen LogP contribution in [0.4, 0.5) is 5.82 Å². The van der Waals surface area contributed by atoms with Crippen LogP contribution < -0.4 is 4.90 Å². The number of rotatable bonds is 3. The molecule has 0 N–H and O–H groups in total. The van der Waals surface area contributed by atoms with E-state index in [2.05, 4.69) is 62.2 Å². The molecule has 1 atom stereocenters. The van der Waals surface area contributed by atoms with E-state index in [4.69, 9.17) is 4.98 Å². The summed E-state index contributed by atoms with van der Waals surface area (Å²) >= 11 is 3.54. The number of anilines is 1. The van der Waals surface area contributed by atoms with Gasteiger partial charge in [-0.2, -0.15) is 0 Å². The van der Waals surface area contributed by atoms with Gasteiger partial charge < -0.3 is 4.90 Å². The first-order valence-corrected chi connectivity index (χ1v) is 8.43. The highest BCUT2D eigenvalue weighted by Gasteiger charge is 2.29. The fourth-order valence-electron chi connectivity index (χ4n) is 3.07. The maximum absolute atomic E-state index is 4.79. The number of hydrogen-bond acceptors (Lipinski definition) is 3. The van der Waals surface area contributed by atoms with Crippen molar-refractivity contribution in [1.82, 2.24) is 9.97 Å².